The molecule has 1 aliphatic heterocycles. The first kappa shape index (κ1) is 22.9. The predicted octanol–water partition coefficient (Wildman–Crippen LogP) is 5.06. The molecule has 1 fully saturated rings. The van der Waals surface area contributed by atoms with E-state index < -0.39 is 0 Å². The standard InChI is InChI=1S/C19H22N4OS2.2ClH/c1-12-5-3-4-6-13(12)21-18-22-16-14(26-18)9-15(25-16)17(24)23-8-7-19(2,10-20)11-23;;/h3-6,9H,7-8,10-11,20H2,1-2H3,(H,21,22);2*1H. The second-order valence-corrected chi connectivity index (χ2v) is 9.29. The van der Waals surface area contributed by atoms with Crippen LogP contribution in [0.5, 0.6) is 0 Å². The van der Waals surface area contributed by atoms with Crippen molar-refractivity contribution in [2.24, 2.45) is 11.1 Å². The topological polar surface area (TPSA) is 71.2 Å². The Bertz CT molecular complexity index is 942. The lowest BCUT2D eigenvalue weighted by Crippen LogP contribution is -2.34. The van der Waals surface area contributed by atoms with Crippen molar-refractivity contribution in [2.75, 3.05) is 25.0 Å². The van der Waals surface area contributed by atoms with Crippen molar-refractivity contribution in [3.05, 3.63) is 40.8 Å². The zero-order chi connectivity index (χ0) is 18.3. The van der Waals surface area contributed by atoms with Gasteiger partial charge >= 0.3 is 0 Å². The molecule has 3 heterocycles. The number of nitrogens with two attached hydrogens (primary N) is 1. The molecule has 0 saturated carbocycles. The summed E-state index contributed by atoms with van der Waals surface area (Å²) in [6, 6.07) is 10.1. The smallest absolute Gasteiger partial charge is 0.264 e. The van der Waals surface area contributed by atoms with Crippen LogP contribution < -0.4 is 11.1 Å². The fraction of sp³-hybridized carbons (Fsp3) is 0.368. The van der Waals surface area contributed by atoms with Crippen molar-refractivity contribution < 1.29 is 4.79 Å². The molecule has 1 amide bonds. The highest BCUT2D eigenvalue weighted by atomic mass is 35.5. The van der Waals surface area contributed by atoms with E-state index >= 15 is 0 Å². The Hall–Kier alpha value is -1.38. The van der Waals surface area contributed by atoms with Crippen LogP contribution in [0.25, 0.3) is 9.53 Å². The molecule has 1 aliphatic rings. The SMILES string of the molecule is Cc1ccccc1Nc1nc2sc(C(=O)N3CCC(C)(CN)C3)cc2s1.Cl.Cl. The van der Waals surface area contributed by atoms with Gasteiger partial charge in [-0.1, -0.05) is 36.5 Å². The number of thiazole rings is 1. The van der Waals surface area contributed by atoms with Gasteiger partial charge in [0.05, 0.1) is 9.58 Å². The van der Waals surface area contributed by atoms with E-state index in [4.69, 9.17) is 5.73 Å². The summed E-state index contributed by atoms with van der Waals surface area (Å²) in [5.74, 6) is 0.103. The second-order valence-electron chi connectivity index (χ2n) is 7.23. The van der Waals surface area contributed by atoms with Gasteiger partial charge in [-0.15, -0.1) is 36.2 Å². The van der Waals surface area contributed by atoms with Gasteiger partial charge in [-0.2, -0.15) is 0 Å². The van der Waals surface area contributed by atoms with Gasteiger partial charge in [-0.3, -0.25) is 4.79 Å². The number of nitrogens with one attached hydrogen (secondary N) is 1. The highest BCUT2D eigenvalue weighted by Crippen LogP contribution is 2.36. The number of likely N-dealkylation sites (tertiary alicyclic amines) is 1. The van der Waals surface area contributed by atoms with Crippen LogP contribution in [0.15, 0.2) is 30.3 Å². The molecule has 1 saturated heterocycles. The first-order chi connectivity index (χ1) is 12.5. The van der Waals surface area contributed by atoms with Crippen LogP contribution in [0.4, 0.5) is 10.8 Å². The number of anilines is 2. The van der Waals surface area contributed by atoms with E-state index in [9.17, 15) is 4.79 Å². The number of amides is 1. The van der Waals surface area contributed by atoms with Gasteiger partial charge in [-0.05, 0) is 43.0 Å². The predicted molar refractivity (Wildman–Crippen MR) is 124 cm³/mol. The molecule has 152 valence electrons. The molecule has 1 aromatic carbocycles. The van der Waals surface area contributed by atoms with Crippen molar-refractivity contribution >= 4 is 73.7 Å². The van der Waals surface area contributed by atoms with Crippen LogP contribution in [-0.2, 0) is 0 Å². The molecule has 4 rings (SSSR count). The minimum absolute atomic E-state index is 0. The van der Waals surface area contributed by atoms with Crippen molar-refractivity contribution in [1.29, 1.82) is 0 Å². The molecule has 3 N–H and O–H groups in total. The van der Waals surface area contributed by atoms with Crippen LogP contribution in [0.3, 0.4) is 0 Å². The average Bonchev–Trinajstić information content (AvgIpc) is 3.30. The van der Waals surface area contributed by atoms with Gasteiger partial charge in [0, 0.05) is 18.8 Å². The van der Waals surface area contributed by atoms with Gasteiger partial charge < -0.3 is 16.0 Å². The van der Waals surface area contributed by atoms with E-state index in [2.05, 4.69) is 30.2 Å². The summed E-state index contributed by atoms with van der Waals surface area (Å²) in [6.45, 7) is 6.36. The van der Waals surface area contributed by atoms with Crippen LogP contribution >= 0.6 is 47.5 Å². The summed E-state index contributed by atoms with van der Waals surface area (Å²) >= 11 is 3.06. The molecule has 3 aromatic rings. The number of hydrogen-bond acceptors (Lipinski definition) is 6. The maximum atomic E-state index is 12.8. The monoisotopic (exact) mass is 458 g/mol. The number of para-hydroxylation sites is 1. The van der Waals surface area contributed by atoms with Crippen molar-refractivity contribution in [2.45, 2.75) is 20.3 Å². The van der Waals surface area contributed by atoms with E-state index in [-0.39, 0.29) is 36.1 Å². The van der Waals surface area contributed by atoms with Crippen LogP contribution in [0, 0.1) is 12.3 Å². The molecule has 2 aromatic heterocycles. The summed E-state index contributed by atoms with van der Waals surface area (Å²) in [5.41, 5.74) is 8.14. The van der Waals surface area contributed by atoms with Crippen LogP contribution in [-0.4, -0.2) is 35.4 Å². The van der Waals surface area contributed by atoms with Gasteiger partial charge in [0.15, 0.2) is 5.13 Å². The highest BCUT2D eigenvalue weighted by molar-refractivity contribution is 7.29. The first-order valence-corrected chi connectivity index (χ1v) is 10.3. The fourth-order valence-corrected chi connectivity index (χ4v) is 5.34. The van der Waals surface area contributed by atoms with Crippen LogP contribution in [0.2, 0.25) is 0 Å². The number of carbonyl (C=O) groups is 1. The van der Waals surface area contributed by atoms with Gasteiger partial charge in [0.2, 0.25) is 0 Å². The number of fused-ring (bicyclic) bond motifs is 1. The molecule has 0 aliphatic carbocycles. The Kier molecular flexibility index (Phi) is 7.33. The molecule has 28 heavy (non-hydrogen) atoms. The number of nitrogens with zero attached hydrogens (tertiary/aromatic N) is 2. The normalized spacial score (nSPS) is 18.6. The minimum Gasteiger partial charge on any atom is -0.337 e. The lowest BCUT2D eigenvalue weighted by molar-refractivity contribution is 0.0782. The van der Waals surface area contributed by atoms with E-state index in [1.54, 1.807) is 11.3 Å². The summed E-state index contributed by atoms with van der Waals surface area (Å²) in [5, 5.41) is 4.23. The number of thiophene rings is 1. The zero-order valence-corrected chi connectivity index (χ0v) is 19.0. The quantitative estimate of drug-likeness (QED) is 0.572. The average molecular weight is 459 g/mol. The van der Waals surface area contributed by atoms with Gasteiger partial charge in [-0.25, -0.2) is 4.98 Å². The molecule has 1 unspecified atom stereocenters. The number of hydrogen-bond donors (Lipinski definition) is 2. The Morgan fingerprint density at radius 2 is 2.07 bits per heavy atom. The second kappa shape index (κ2) is 8.97. The van der Waals surface area contributed by atoms with E-state index in [0.717, 1.165) is 44.7 Å². The van der Waals surface area contributed by atoms with Gasteiger partial charge in [0.25, 0.3) is 5.91 Å². The minimum atomic E-state index is 0. The number of benzene rings is 1. The summed E-state index contributed by atoms with van der Waals surface area (Å²) in [4.78, 5) is 21.1. The Morgan fingerprint density at radius 3 is 2.71 bits per heavy atom. The summed E-state index contributed by atoms with van der Waals surface area (Å²) < 4.78 is 1.05. The third-order valence-electron chi connectivity index (χ3n) is 5.02. The number of aryl methyl sites for hydroxylation is 1. The number of aromatic nitrogens is 1. The number of carbonyl (C=O) groups excluding carboxylic acids is 1. The zero-order valence-electron chi connectivity index (χ0n) is 15.7. The Morgan fingerprint density at radius 1 is 1.32 bits per heavy atom. The maximum Gasteiger partial charge on any atom is 0.264 e. The Labute approximate surface area is 185 Å². The van der Waals surface area contributed by atoms with Crippen molar-refractivity contribution in [1.82, 2.24) is 9.88 Å². The maximum absolute atomic E-state index is 12.8. The summed E-state index contributed by atoms with van der Waals surface area (Å²) in [7, 11) is 0. The van der Waals surface area contributed by atoms with Crippen molar-refractivity contribution in [3.8, 4) is 0 Å². The lowest BCUT2D eigenvalue weighted by Gasteiger charge is -2.22. The summed E-state index contributed by atoms with van der Waals surface area (Å²) in [6.07, 6.45) is 0.970. The third-order valence-corrected chi connectivity index (χ3v) is 7.09. The molecule has 0 spiro atoms. The van der Waals surface area contributed by atoms with E-state index in [1.807, 2.05) is 29.2 Å². The fourth-order valence-electron chi connectivity index (χ4n) is 3.24. The molecule has 5 nitrogen and oxygen atoms in total. The van der Waals surface area contributed by atoms with Crippen LogP contribution in [0.1, 0.15) is 28.6 Å². The largest absolute Gasteiger partial charge is 0.337 e. The number of rotatable bonds is 4. The molecule has 0 bridgehead atoms. The highest BCUT2D eigenvalue weighted by Gasteiger charge is 2.35. The molecular formula is C19H24Cl2N4OS2. The molecule has 0 radical (unpaired) electrons. The van der Waals surface area contributed by atoms with Gasteiger partial charge in [0.1, 0.15) is 4.83 Å². The van der Waals surface area contributed by atoms with Crippen molar-refractivity contribution in [3.63, 3.8) is 0 Å². The van der Waals surface area contributed by atoms with E-state index in [1.165, 1.54) is 16.9 Å². The molecule has 9 heteroatoms. The Balaban J connectivity index is 0.00000140. The molecular weight excluding hydrogens is 435 g/mol. The third kappa shape index (κ3) is 4.44. The lowest BCUT2D eigenvalue weighted by atomic mass is 9.90. The number of halogens is 2. The molecule has 1 atom stereocenters. The van der Waals surface area contributed by atoms with E-state index in [0.29, 0.717) is 6.54 Å². The first-order valence-electron chi connectivity index (χ1n) is 8.70.